The normalized spacial score (nSPS) is 11.4. The van der Waals surface area contributed by atoms with Gasteiger partial charge >= 0.3 is 6.09 Å². The lowest BCUT2D eigenvalue weighted by Crippen LogP contribution is -2.32. The standard InChI is InChI=1S/C31H31N3O2S/c1-21(2)36-30(35)34(26-11-13-27(37-5)14-12-26)19-22-8-6-9-23(16-22)28-18-25(31(3,4)20-32)17-24-10-7-15-33-29(24)28/h6-18,21H,19H2,1-5H3. The van der Waals surface area contributed by atoms with E-state index in [9.17, 15) is 10.1 Å². The van der Waals surface area contributed by atoms with Crippen LogP contribution in [0.1, 0.15) is 38.8 Å². The molecule has 0 radical (unpaired) electrons. The molecule has 0 aliphatic rings. The van der Waals surface area contributed by atoms with Crippen LogP contribution >= 0.6 is 11.8 Å². The highest BCUT2D eigenvalue weighted by molar-refractivity contribution is 7.98. The van der Waals surface area contributed by atoms with Gasteiger partial charge in [-0.1, -0.05) is 24.3 Å². The van der Waals surface area contributed by atoms with Crippen LogP contribution in [0.25, 0.3) is 22.0 Å². The summed E-state index contributed by atoms with van der Waals surface area (Å²) in [6.07, 6.45) is 3.20. The molecule has 5 nitrogen and oxygen atoms in total. The fraction of sp³-hybridized carbons (Fsp3) is 0.258. The van der Waals surface area contributed by atoms with Crippen molar-refractivity contribution in [2.24, 2.45) is 0 Å². The van der Waals surface area contributed by atoms with Crippen molar-refractivity contribution in [3.63, 3.8) is 0 Å². The maximum atomic E-state index is 13.1. The van der Waals surface area contributed by atoms with Crippen LogP contribution in [-0.2, 0) is 16.7 Å². The molecule has 0 fully saturated rings. The first-order valence-electron chi connectivity index (χ1n) is 12.2. The fourth-order valence-electron chi connectivity index (χ4n) is 4.15. The van der Waals surface area contributed by atoms with E-state index in [1.165, 1.54) is 0 Å². The van der Waals surface area contributed by atoms with E-state index in [1.54, 1.807) is 22.9 Å². The molecule has 4 aromatic rings. The van der Waals surface area contributed by atoms with Crippen LogP contribution in [0.15, 0.2) is 83.9 Å². The summed E-state index contributed by atoms with van der Waals surface area (Å²) in [7, 11) is 0. The summed E-state index contributed by atoms with van der Waals surface area (Å²) in [6, 6.07) is 26.5. The molecule has 0 N–H and O–H groups in total. The van der Waals surface area contributed by atoms with Crippen LogP contribution < -0.4 is 4.90 Å². The molecule has 1 amide bonds. The van der Waals surface area contributed by atoms with Gasteiger partial charge < -0.3 is 4.74 Å². The molecule has 3 aromatic carbocycles. The van der Waals surface area contributed by atoms with E-state index in [1.807, 2.05) is 94.6 Å². The van der Waals surface area contributed by atoms with Gasteiger partial charge in [-0.2, -0.15) is 5.26 Å². The molecule has 0 atom stereocenters. The molecule has 0 spiro atoms. The third-order valence-electron chi connectivity index (χ3n) is 6.23. The molecule has 6 heteroatoms. The number of nitrogens with zero attached hydrogens (tertiary/aromatic N) is 3. The smallest absolute Gasteiger partial charge is 0.414 e. The summed E-state index contributed by atoms with van der Waals surface area (Å²) < 4.78 is 5.57. The third kappa shape index (κ3) is 5.95. The average Bonchev–Trinajstić information content (AvgIpc) is 2.91. The Labute approximate surface area is 223 Å². The predicted molar refractivity (Wildman–Crippen MR) is 152 cm³/mol. The molecule has 1 heterocycles. The summed E-state index contributed by atoms with van der Waals surface area (Å²) in [5, 5.41) is 10.7. The van der Waals surface area contributed by atoms with Crippen molar-refractivity contribution in [2.45, 2.75) is 50.7 Å². The lowest BCUT2D eigenvalue weighted by molar-refractivity contribution is 0.122. The van der Waals surface area contributed by atoms with Gasteiger partial charge in [0.25, 0.3) is 0 Å². The Hall–Kier alpha value is -3.82. The summed E-state index contributed by atoms with van der Waals surface area (Å²) in [6.45, 7) is 7.89. The number of carbonyl (C=O) groups is 1. The van der Waals surface area contributed by atoms with Gasteiger partial charge in [0.15, 0.2) is 0 Å². The SMILES string of the molecule is CSc1ccc(N(Cc2cccc(-c3cc(C(C)(C)C#N)cc4cccnc34)c2)C(=O)OC(C)C)cc1. The molecule has 0 bridgehead atoms. The Morgan fingerprint density at radius 1 is 1.08 bits per heavy atom. The van der Waals surface area contributed by atoms with Gasteiger partial charge in [-0.05, 0) is 99.2 Å². The number of fused-ring (bicyclic) bond motifs is 1. The average molecular weight is 510 g/mol. The van der Waals surface area contributed by atoms with E-state index in [0.717, 1.165) is 43.7 Å². The van der Waals surface area contributed by atoms with Crippen LogP contribution in [0.4, 0.5) is 10.5 Å². The van der Waals surface area contributed by atoms with Crippen molar-refractivity contribution in [2.75, 3.05) is 11.2 Å². The number of hydrogen-bond donors (Lipinski definition) is 0. The molecule has 0 unspecified atom stereocenters. The Morgan fingerprint density at radius 3 is 2.51 bits per heavy atom. The number of aromatic nitrogens is 1. The number of thioether (sulfide) groups is 1. The Balaban J connectivity index is 1.77. The second-order valence-electron chi connectivity index (χ2n) is 9.75. The summed E-state index contributed by atoms with van der Waals surface area (Å²) in [5.74, 6) is 0. The molecule has 0 saturated carbocycles. The second kappa shape index (κ2) is 11.1. The summed E-state index contributed by atoms with van der Waals surface area (Å²) in [4.78, 5) is 20.5. The first kappa shape index (κ1) is 26.2. The zero-order valence-corrected chi connectivity index (χ0v) is 22.7. The number of ether oxygens (including phenoxy) is 1. The quantitative estimate of drug-likeness (QED) is 0.236. The van der Waals surface area contributed by atoms with Crippen molar-refractivity contribution in [3.05, 3.63) is 90.1 Å². The number of amides is 1. The third-order valence-corrected chi connectivity index (χ3v) is 6.97. The van der Waals surface area contributed by atoms with Crippen molar-refractivity contribution in [1.29, 1.82) is 5.26 Å². The van der Waals surface area contributed by atoms with Gasteiger partial charge in [0.1, 0.15) is 0 Å². The number of benzene rings is 3. The summed E-state index contributed by atoms with van der Waals surface area (Å²) >= 11 is 1.66. The minimum atomic E-state index is -0.642. The number of pyridine rings is 1. The maximum absolute atomic E-state index is 13.1. The first-order chi connectivity index (χ1) is 17.7. The number of rotatable bonds is 7. The monoisotopic (exact) mass is 509 g/mol. The van der Waals surface area contributed by atoms with Gasteiger partial charge in [0.05, 0.1) is 29.6 Å². The zero-order chi connectivity index (χ0) is 26.6. The van der Waals surface area contributed by atoms with Crippen LogP contribution in [0.3, 0.4) is 0 Å². The molecule has 188 valence electrons. The Bertz CT molecular complexity index is 1460. The van der Waals surface area contributed by atoms with Gasteiger partial charge in [-0.25, -0.2) is 4.79 Å². The molecular weight excluding hydrogens is 478 g/mol. The van der Waals surface area contributed by atoms with Crippen molar-refractivity contribution >= 4 is 34.4 Å². The van der Waals surface area contributed by atoms with Crippen LogP contribution in [0, 0.1) is 11.3 Å². The first-order valence-corrected chi connectivity index (χ1v) is 13.5. The lowest BCUT2D eigenvalue weighted by atomic mass is 9.83. The molecule has 0 aliphatic heterocycles. The molecule has 4 rings (SSSR count). The highest BCUT2D eigenvalue weighted by atomic mass is 32.2. The Morgan fingerprint density at radius 2 is 1.84 bits per heavy atom. The van der Waals surface area contributed by atoms with Crippen molar-refractivity contribution in [3.8, 4) is 17.2 Å². The molecule has 37 heavy (non-hydrogen) atoms. The van der Waals surface area contributed by atoms with Crippen LogP contribution in [0.2, 0.25) is 0 Å². The zero-order valence-electron chi connectivity index (χ0n) is 21.9. The molecule has 0 aliphatic carbocycles. The predicted octanol–water partition coefficient (Wildman–Crippen LogP) is 7.98. The van der Waals surface area contributed by atoms with Crippen molar-refractivity contribution < 1.29 is 9.53 Å². The maximum Gasteiger partial charge on any atom is 0.414 e. The van der Waals surface area contributed by atoms with Gasteiger partial charge in [-0.15, -0.1) is 11.8 Å². The van der Waals surface area contributed by atoms with E-state index in [4.69, 9.17) is 4.74 Å². The highest BCUT2D eigenvalue weighted by Crippen LogP contribution is 2.34. The van der Waals surface area contributed by atoms with Crippen molar-refractivity contribution in [1.82, 2.24) is 4.98 Å². The second-order valence-corrected chi connectivity index (χ2v) is 10.6. The van der Waals surface area contributed by atoms with Gasteiger partial charge in [-0.3, -0.25) is 9.88 Å². The molecule has 0 saturated heterocycles. The van der Waals surface area contributed by atoms with E-state index in [-0.39, 0.29) is 12.2 Å². The lowest BCUT2D eigenvalue weighted by Gasteiger charge is -2.24. The van der Waals surface area contributed by atoms with Gasteiger partial charge in [0, 0.05) is 27.7 Å². The number of hydrogen-bond acceptors (Lipinski definition) is 5. The number of nitriles is 1. The minimum Gasteiger partial charge on any atom is -0.446 e. The number of carbonyl (C=O) groups excluding carboxylic acids is 1. The van der Waals surface area contributed by atoms with E-state index >= 15 is 0 Å². The minimum absolute atomic E-state index is 0.226. The van der Waals surface area contributed by atoms with Gasteiger partial charge in [0.2, 0.25) is 0 Å². The van der Waals surface area contributed by atoms with E-state index < -0.39 is 5.41 Å². The Kier molecular flexibility index (Phi) is 7.85. The summed E-state index contributed by atoms with van der Waals surface area (Å²) in [5.41, 5.74) is 4.84. The highest BCUT2D eigenvalue weighted by Gasteiger charge is 2.23. The largest absolute Gasteiger partial charge is 0.446 e. The molecule has 1 aromatic heterocycles. The fourth-order valence-corrected chi connectivity index (χ4v) is 4.55. The number of anilines is 1. The van der Waals surface area contributed by atoms with E-state index in [2.05, 4.69) is 23.2 Å². The topological polar surface area (TPSA) is 66.2 Å². The van der Waals surface area contributed by atoms with E-state index in [0.29, 0.717) is 6.54 Å². The van der Waals surface area contributed by atoms with Crippen LogP contribution in [-0.4, -0.2) is 23.4 Å². The van der Waals surface area contributed by atoms with Crippen LogP contribution in [0.5, 0.6) is 0 Å². The molecular formula is C31H31N3O2S.